The van der Waals surface area contributed by atoms with Crippen molar-refractivity contribution in [3.63, 3.8) is 0 Å². The summed E-state index contributed by atoms with van der Waals surface area (Å²) in [5.41, 5.74) is 0. The molecule has 1 amide bonds. The van der Waals surface area contributed by atoms with E-state index in [1.54, 1.807) is 7.05 Å². The molecular weight excluding hydrogens is 417 g/mol. The minimum Gasteiger partial charge on any atom is -0.355 e. The van der Waals surface area contributed by atoms with E-state index in [0.717, 1.165) is 58.1 Å². The van der Waals surface area contributed by atoms with E-state index in [1.165, 1.54) is 12.8 Å². The first-order valence-corrected chi connectivity index (χ1v) is 8.81. The molecule has 2 fully saturated rings. The van der Waals surface area contributed by atoms with Crippen LogP contribution < -0.4 is 10.6 Å². The smallest absolute Gasteiger partial charge is 0.225 e. The van der Waals surface area contributed by atoms with Gasteiger partial charge in [0.15, 0.2) is 5.96 Å². The Morgan fingerprint density at radius 3 is 2.46 bits per heavy atom. The molecule has 0 bridgehead atoms. The number of amides is 1. The van der Waals surface area contributed by atoms with E-state index >= 15 is 0 Å². The van der Waals surface area contributed by atoms with Gasteiger partial charge in [0, 0.05) is 58.8 Å². The molecule has 0 atom stereocenters. The van der Waals surface area contributed by atoms with Crippen LogP contribution in [-0.4, -0.2) is 74.5 Å². The molecule has 1 aliphatic heterocycles. The molecule has 0 aromatic carbocycles. The van der Waals surface area contributed by atoms with Crippen molar-refractivity contribution in [1.82, 2.24) is 20.4 Å². The highest BCUT2D eigenvalue weighted by Gasteiger charge is 2.29. The van der Waals surface area contributed by atoms with E-state index in [-0.39, 0.29) is 24.0 Å². The first-order valence-electron chi connectivity index (χ1n) is 8.81. The summed E-state index contributed by atoms with van der Waals surface area (Å²) in [4.78, 5) is 21.1. The normalized spacial score (nSPS) is 19.7. The summed E-state index contributed by atoms with van der Waals surface area (Å²) in [5.74, 6) is 1.51. The Hall–Kier alpha value is -0.830. The number of hydrogen-bond acceptors (Lipinski definition) is 3. The Balaban J connectivity index is 0.00000288. The van der Waals surface area contributed by atoms with Crippen molar-refractivity contribution in [2.45, 2.75) is 25.7 Å². The number of aliphatic imine (C=N–C) groups is 1. The van der Waals surface area contributed by atoms with E-state index in [4.69, 9.17) is 0 Å². The Morgan fingerprint density at radius 1 is 1.21 bits per heavy atom. The fourth-order valence-corrected chi connectivity index (χ4v) is 3.34. The van der Waals surface area contributed by atoms with E-state index in [0.29, 0.717) is 18.4 Å². The summed E-state index contributed by atoms with van der Waals surface area (Å²) >= 11 is 0. The summed E-state index contributed by atoms with van der Waals surface area (Å²) in [6, 6.07) is 0. The third-order valence-electron chi connectivity index (χ3n) is 4.75. The molecule has 0 aromatic rings. The third kappa shape index (κ3) is 6.58. The van der Waals surface area contributed by atoms with Gasteiger partial charge in [-0.05, 0) is 12.8 Å². The lowest BCUT2D eigenvalue weighted by Crippen LogP contribution is -2.51. The van der Waals surface area contributed by atoms with Crippen LogP contribution in [0.15, 0.2) is 17.6 Å². The molecule has 7 heteroatoms. The standard InChI is InChI=1S/C17H31N5O.HI/c1-3-8-19-17(18-2)20-9-10-21-11-13-22(14-12-21)16(23)15-6-4-5-7-15;/h3,15H,1,4-14H2,2H3,(H2,18,19,20);1H. The zero-order chi connectivity index (χ0) is 16.5. The van der Waals surface area contributed by atoms with Gasteiger partial charge in [-0.1, -0.05) is 18.9 Å². The minimum atomic E-state index is 0. The molecule has 1 heterocycles. The first-order chi connectivity index (χ1) is 11.2. The molecule has 0 aromatic heterocycles. The summed E-state index contributed by atoms with van der Waals surface area (Å²) in [6.07, 6.45) is 6.46. The molecular formula is C17H32IN5O. The maximum atomic E-state index is 12.4. The molecule has 0 unspecified atom stereocenters. The van der Waals surface area contributed by atoms with Crippen molar-refractivity contribution in [2.75, 3.05) is 52.9 Å². The predicted octanol–water partition coefficient (Wildman–Crippen LogP) is 1.29. The van der Waals surface area contributed by atoms with Crippen LogP contribution in [0.5, 0.6) is 0 Å². The van der Waals surface area contributed by atoms with Crippen LogP contribution in [0.25, 0.3) is 0 Å². The molecule has 0 radical (unpaired) electrons. The summed E-state index contributed by atoms with van der Waals surface area (Å²) in [7, 11) is 1.77. The Labute approximate surface area is 163 Å². The Bertz CT molecular complexity index is 415. The number of rotatable bonds is 6. The molecule has 6 nitrogen and oxygen atoms in total. The molecule has 24 heavy (non-hydrogen) atoms. The predicted molar refractivity (Wildman–Crippen MR) is 110 cm³/mol. The number of piperazine rings is 1. The molecule has 0 spiro atoms. The maximum absolute atomic E-state index is 12.4. The van der Waals surface area contributed by atoms with Gasteiger partial charge < -0.3 is 15.5 Å². The van der Waals surface area contributed by atoms with Gasteiger partial charge in [-0.3, -0.25) is 14.7 Å². The lowest BCUT2D eigenvalue weighted by Gasteiger charge is -2.36. The van der Waals surface area contributed by atoms with Crippen molar-refractivity contribution < 1.29 is 4.79 Å². The van der Waals surface area contributed by atoms with Crippen molar-refractivity contribution in [1.29, 1.82) is 0 Å². The Kier molecular flexibility index (Phi) is 10.3. The zero-order valence-corrected chi connectivity index (χ0v) is 17.1. The highest BCUT2D eigenvalue weighted by molar-refractivity contribution is 14.0. The fourth-order valence-electron chi connectivity index (χ4n) is 3.34. The number of halogens is 1. The fraction of sp³-hybridized carbons (Fsp3) is 0.765. The molecule has 138 valence electrons. The van der Waals surface area contributed by atoms with Crippen molar-refractivity contribution in [3.05, 3.63) is 12.7 Å². The van der Waals surface area contributed by atoms with Crippen LogP contribution in [0.3, 0.4) is 0 Å². The maximum Gasteiger partial charge on any atom is 0.225 e. The van der Waals surface area contributed by atoms with Crippen molar-refractivity contribution >= 4 is 35.8 Å². The highest BCUT2D eigenvalue weighted by Crippen LogP contribution is 2.26. The number of nitrogens with zero attached hydrogens (tertiary/aromatic N) is 3. The monoisotopic (exact) mass is 449 g/mol. The van der Waals surface area contributed by atoms with Gasteiger partial charge in [-0.15, -0.1) is 30.6 Å². The van der Waals surface area contributed by atoms with E-state index in [2.05, 4.69) is 32.0 Å². The molecule has 1 aliphatic carbocycles. The van der Waals surface area contributed by atoms with Gasteiger partial charge in [0.1, 0.15) is 0 Å². The van der Waals surface area contributed by atoms with Crippen molar-refractivity contribution in [3.8, 4) is 0 Å². The lowest BCUT2D eigenvalue weighted by molar-refractivity contribution is -0.137. The largest absolute Gasteiger partial charge is 0.355 e. The van der Waals surface area contributed by atoms with Gasteiger partial charge in [0.25, 0.3) is 0 Å². The van der Waals surface area contributed by atoms with Crippen molar-refractivity contribution in [2.24, 2.45) is 10.9 Å². The molecule has 2 aliphatic rings. The average Bonchev–Trinajstić information content (AvgIpc) is 3.12. The van der Waals surface area contributed by atoms with E-state index in [1.807, 2.05) is 6.08 Å². The van der Waals surface area contributed by atoms with E-state index < -0.39 is 0 Å². The minimum absolute atomic E-state index is 0. The van der Waals surface area contributed by atoms with Crippen LogP contribution in [0.4, 0.5) is 0 Å². The van der Waals surface area contributed by atoms with Crippen LogP contribution in [0, 0.1) is 5.92 Å². The van der Waals surface area contributed by atoms with Crippen LogP contribution in [-0.2, 0) is 4.79 Å². The second-order valence-corrected chi connectivity index (χ2v) is 6.32. The summed E-state index contributed by atoms with van der Waals surface area (Å²) in [5, 5.41) is 6.46. The van der Waals surface area contributed by atoms with Crippen LogP contribution in [0.1, 0.15) is 25.7 Å². The number of carbonyl (C=O) groups excluding carboxylic acids is 1. The number of hydrogen-bond donors (Lipinski definition) is 2. The summed E-state index contributed by atoms with van der Waals surface area (Å²) < 4.78 is 0. The van der Waals surface area contributed by atoms with Gasteiger partial charge in [-0.2, -0.15) is 0 Å². The SMILES string of the molecule is C=CCNC(=NC)NCCN1CCN(C(=O)C2CCCC2)CC1.I. The van der Waals surface area contributed by atoms with E-state index in [9.17, 15) is 4.79 Å². The number of carbonyl (C=O) groups is 1. The first kappa shape index (κ1) is 21.2. The molecule has 1 saturated heterocycles. The molecule has 2 rings (SSSR count). The van der Waals surface area contributed by atoms with Crippen LogP contribution >= 0.6 is 24.0 Å². The van der Waals surface area contributed by atoms with Crippen LogP contribution in [0.2, 0.25) is 0 Å². The third-order valence-corrected chi connectivity index (χ3v) is 4.75. The van der Waals surface area contributed by atoms with Gasteiger partial charge in [0.2, 0.25) is 5.91 Å². The van der Waals surface area contributed by atoms with Gasteiger partial charge >= 0.3 is 0 Å². The summed E-state index contributed by atoms with van der Waals surface area (Å²) in [6.45, 7) is 9.91. The highest BCUT2D eigenvalue weighted by atomic mass is 127. The molecule has 2 N–H and O–H groups in total. The van der Waals surface area contributed by atoms with Gasteiger partial charge in [0.05, 0.1) is 0 Å². The second kappa shape index (κ2) is 11.7. The number of nitrogens with one attached hydrogen (secondary N) is 2. The quantitative estimate of drug-likeness (QED) is 0.278. The second-order valence-electron chi connectivity index (χ2n) is 6.32. The number of guanidine groups is 1. The molecule has 1 saturated carbocycles. The lowest BCUT2D eigenvalue weighted by atomic mass is 10.1. The average molecular weight is 449 g/mol. The Morgan fingerprint density at radius 2 is 1.88 bits per heavy atom. The van der Waals surface area contributed by atoms with Gasteiger partial charge in [-0.25, -0.2) is 0 Å². The topological polar surface area (TPSA) is 60.0 Å². The zero-order valence-electron chi connectivity index (χ0n) is 14.8.